The van der Waals surface area contributed by atoms with E-state index in [0.29, 0.717) is 37.2 Å². The van der Waals surface area contributed by atoms with Crippen molar-refractivity contribution >= 4 is 30.3 Å². The molecule has 2 N–H and O–H groups in total. The number of ether oxygens (including phenoxy) is 1. The van der Waals surface area contributed by atoms with Crippen molar-refractivity contribution in [2.24, 2.45) is 0 Å². The van der Waals surface area contributed by atoms with Crippen LogP contribution in [0.4, 0.5) is 0 Å². The van der Waals surface area contributed by atoms with Gasteiger partial charge in [0.25, 0.3) is 0 Å². The standard InChI is InChI=1S/C19H23BN2O5S/c1-2-3-9-26-19(24)15-6-4-5-13-10-16(20(25)27-18(13)15)22-17(23)8-7-14-11-21-12-28-14/h4-6,11-12,16,25H,2-3,7-10H2,1H3,(H,22,23). The minimum Gasteiger partial charge on any atom is -0.534 e. The second-order valence-corrected chi connectivity index (χ2v) is 7.61. The molecule has 0 radical (unpaired) electrons. The predicted octanol–water partition coefficient (Wildman–Crippen LogP) is 2.17. The van der Waals surface area contributed by atoms with E-state index in [1.807, 2.05) is 13.0 Å². The van der Waals surface area contributed by atoms with E-state index in [4.69, 9.17) is 9.39 Å². The molecule has 148 valence electrons. The van der Waals surface area contributed by atoms with Gasteiger partial charge in [0.05, 0.1) is 18.1 Å². The molecule has 1 amide bonds. The summed E-state index contributed by atoms with van der Waals surface area (Å²) in [5.41, 5.74) is 2.78. The van der Waals surface area contributed by atoms with Gasteiger partial charge in [0, 0.05) is 17.5 Å². The number of aryl methyl sites for hydroxylation is 1. The smallest absolute Gasteiger partial charge is 0.534 e. The third kappa shape index (κ3) is 5.11. The first-order chi connectivity index (χ1) is 13.6. The van der Waals surface area contributed by atoms with Gasteiger partial charge in [-0.15, -0.1) is 11.3 Å². The zero-order valence-electron chi connectivity index (χ0n) is 15.7. The molecule has 9 heteroatoms. The highest BCUT2D eigenvalue weighted by Gasteiger charge is 2.37. The second kappa shape index (κ2) is 9.70. The number of para-hydroxylation sites is 1. The first-order valence-electron chi connectivity index (χ1n) is 9.39. The van der Waals surface area contributed by atoms with E-state index in [1.54, 1.807) is 23.8 Å². The lowest BCUT2D eigenvalue weighted by Crippen LogP contribution is -2.53. The highest BCUT2D eigenvalue weighted by molar-refractivity contribution is 7.09. The van der Waals surface area contributed by atoms with Crippen molar-refractivity contribution in [3.8, 4) is 5.75 Å². The first kappa shape index (κ1) is 20.4. The topological polar surface area (TPSA) is 97.8 Å². The second-order valence-electron chi connectivity index (χ2n) is 6.64. The third-order valence-corrected chi connectivity index (χ3v) is 5.34. The monoisotopic (exact) mass is 402 g/mol. The Kier molecular flexibility index (Phi) is 7.05. The molecule has 0 fully saturated rings. The Morgan fingerprint density at radius 1 is 1.46 bits per heavy atom. The summed E-state index contributed by atoms with van der Waals surface area (Å²) in [6, 6.07) is 5.19. The summed E-state index contributed by atoms with van der Waals surface area (Å²) in [5.74, 6) is -0.886. The number of esters is 1. The molecule has 1 aliphatic rings. The van der Waals surface area contributed by atoms with Gasteiger partial charge in [0.2, 0.25) is 5.91 Å². The highest BCUT2D eigenvalue weighted by atomic mass is 32.1. The van der Waals surface area contributed by atoms with E-state index in [0.717, 1.165) is 23.3 Å². The van der Waals surface area contributed by atoms with Crippen LogP contribution >= 0.6 is 11.3 Å². The number of hydrogen-bond donors (Lipinski definition) is 2. The number of carbonyl (C=O) groups excluding carboxylic acids is 2. The number of hydrogen-bond acceptors (Lipinski definition) is 7. The molecule has 2 heterocycles. The Bertz CT molecular complexity index is 815. The number of amides is 1. The number of rotatable bonds is 8. The fraction of sp³-hybridized carbons (Fsp3) is 0.421. The van der Waals surface area contributed by atoms with E-state index in [9.17, 15) is 14.6 Å². The van der Waals surface area contributed by atoms with Crippen LogP contribution in [0.25, 0.3) is 0 Å². The van der Waals surface area contributed by atoms with Gasteiger partial charge in [-0.1, -0.05) is 25.5 Å². The van der Waals surface area contributed by atoms with Gasteiger partial charge < -0.3 is 19.7 Å². The summed E-state index contributed by atoms with van der Waals surface area (Å²) >= 11 is 1.50. The molecule has 0 aliphatic carbocycles. The van der Waals surface area contributed by atoms with E-state index in [-0.39, 0.29) is 5.91 Å². The molecule has 1 aromatic carbocycles. The number of unbranched alkanes of at least 4 members (excludes halogenated alkanes) is 1. The zero-order chi connectivity index (χ0) is 19.9. The van der Waals surface area contributed by atoms with Gasteiger partial charge in [0.1, 0.15) is 11.3 Å². The van der Waals surface area contributed by atoms with E-state index >= 15 is 0 Å². The van der Waals surface area contributed by atoms with Crippen LogP contribution in [0.5, 0.6) is 5.75 Å². The molecule has 2 aromatic rings. The third-order valence-electron chi connectivity index (χ3n) is 4.50. The molecule has 0 spiro atoms. The van der Waals surface area contributed by atoms with Crippen LogP contribution in [0.3, 0.4) is 0 Å². The molecule has 28 heavy (non-hydrogen) atoms. The maximum Gasteiger partial charge on any atom is 0.547 e. The average Bonchev–Trinajstić information content (AvgIpc) is 3.20. The Labute approximate surface area is 168 Å². The Hall–Kier alpha value is -2.39. The largest absolute Gasteiger partial charge is 0.547 e. The van der Waals surface area contributed by atoms with Crippen LogP contribution in [-0.2, 0) is 22.4 Å². The first-order valence-corrected chi connectivity index (χ1v) is 10.3. The fourth-order valence-corrected chi connectivity index (χ4v) is 3.58. The molecule has 1 aromatic heterocycles. The molecule has 0 bridgehead atoms. The van der Waals surface area contributed by atoms with Crippen molar-refractivity contribution in [1.29, 1.82) is 0 Å². The van der Waals surface area contributed by atoms with Gasteiger partial charge in [0.15, 0.2) is 0 Å². The van der Waals surface area contributed by atoms with Crippen LogP contribution in [-0.4, -0.2) is 41.6 Å². The lowest BCUT2D eigenvalue weighted by Gasteiger charge is -2.29. The summed E-state index contributed by atoms with van der Waals surface area (Å²) in [5, 5.41) is 13.2. The minimum atomic E-state index is -1.23. The number of thiazole rings is 1. The molecular formula is C19H23BN2O5S. The predicted molar refractivity (Wildman–Crippen MR) is 106 cm³/mol. The summed E-state index contributed by atoms with van der Waals surface area (Å²) in [6.45, 7) is 2.36. The van der Waals surface area contributed by atoms with Crippen molar-refractivity contribution in [3.63, 3.8) is 0 Å². The van der Waals surface area contributed by atoms with Gasteiger partial charge in [-0.05, 0) is 30.9 Å². The van der Waals surface area contributed by atoms with Crippen molar-refractivity contribution in [3.05, 3.63) is 45.9 Å². The number of aromatic nitrogens is 1. The van der Waals surface area contributed by atoms with Crippen LogP contribution < -0.4 is 9.97 Å². The van der Waals surface area contributed by atoms with Gasteiger partial charge >= 0.3 is 13.1 Å². The maximum atomic E-state index is 12.3. The quantitative estimate of drug-likeness (QED) is 0.399. The number of nitrogens with one attached hydrogen (secondary N) is 1. The summed E-state index contributed by atoms with van der Waals surface area (Å²) < 4.78 is 10.8. The van der Waals surface area contributed by atoms with Crippen molar-refractivity contribution < 1.29 is 24.0 Å². The Balaban J connectivity index is 1.61. The molecule has 7 nitrogen and oxygen atoms in total. The van der Waals surface area contributed by atoms with E-state index < -0.39 is 19.0 Å². The zero-order valence-corrected chi connectivity index (χ0v) is 16.5. The molecule has 1 atom stereocenters. The van der Waals surface area contributed by atoms with Crippen LogP contribution in [0.15, 0.2) is 29.9 Å². The van der Waals surface area contributed by atoms with Gasteiger partial charge in [-0.2, -0.15) is 0 Å². The van der Waals surface area contributed by atoms with Crippen molar-refractivity contribution in [2.75, 3.05) is 6.61 Å². The number of fused-ring (bicyclic) bond motifs is 1. The molecule has 1 aliphatic heterocycles. The minimum absolute atomic E-state index is 0.167. The molecule has 1 unspecified atom stereocenters. The van der Waals surface area contributed by atoms with E-state index in [2.05, 4.69) is 10.3 Å². The molecular weight excluding hydrogens is 379 g/mol. The lowest BCUT2D eigenvalue weighted by molar-refractivity contribution is -0.121. The maximum absolute atomic E-state index is 12.3. The van der Waals surface area contributed by atoms with Crippen LogP contribution in [0.1, 0.15) is 47.0 Å². The number of benzene rings is 1. The molecule has 3 rings (SSSR count). The Morgan fingerprint density at radius 3 is 3.07 bits per heavy atom. The summed E-state index contributed by atoms with van der Waals surface area (Å²) in [6.07, 6.45) is 4.75. The lowest BCUT2D eigenvalue weighted by atomic mass is 9.72. The van der Waals surface area contributed by atoms with Crippen molar-refractivity contribution in [2.45, 2.75) is 45.0 Å². The van der Waals surface area contributed by atoms with Crippen molar-refractivity contribution in [1.82, 2.24) is 10.3 Å². The van der Waals surface area contributed by atoms with Gasteiger partial charge in [-0.3, -0.25) is 9.78 Å². The van der Waals surface area contributed by atoms with Gasteiger partial charge in [-0.25, -0.2) is 4.79 Å². The number of carbonyl (C=O) groups is 2. The Morgan fingerprint density at radius 2 is 2.32 bits per heavy atom. The molecule has 0 saturated carbocycles. The van der Waals surface area contributed by atoms with Crippen LogP contribution in [0.2, 0.25) is 0 Å². The fourth-order valence-electron chi connectivity index (χ4n) is 2.98. The molecule has 0 saturated heterocycles. The normalized spacial score (nSPS) is 15.5. The van der Waals surface area contributed by atoms with E-state index in [1.165, 1.54) is 11.3 Å². The highest BCUT2D eigenvalue weighted by Crippen LogP contribution is 2.30. The van der Waals surface area contributed by atoms with Crippen LogP contribution in [0, 0.1) is 0 Å². The summed E-state index contributed by atoms with van der Waals surface area (Å²) in [4.78, 5) is 29.5. The average molecular weight is 402 g/mol. The summed E-state index contributed by atoms with van der Waals surface area (Å²) in [7, 11) is -1.23. The number of nitrogens with zero attached hydrogens (tertiary/aromatic N) is 1. The SMILES string of the molecule is CCCCOC(=O)c1cccc2c1OB(O)C(NC(=O)CCc1cncs1)C2.